The number of nitrogens with zero attached hydrogens (tertiary/aromatic N) is 6. The number of hydrogen-bond donors (Lipinski definition) is 0. The zero-order valence-corrected chi connectivity index (χ0v) is 14.1. The lowest BCUT2D eigenvalue weighted by Gasteiger charge is -2.34. The topological polar surface area (TPSA) is 67.2 Å². The molecule has 1 amide bonds. The number of anilines is 1. The quantitative estimate of drug-likeness (QED) is 0.827. The maximum absolute atomic E-state index is 12.6. The Kier molecular flexibility index (Phi) is 3.70. The molecular weight excluding hydrogens is 304 g/mol. The lowest BCUT2D eigenvalue weighted by Crippen LogP contribution is -2.40. The van der Waals surface area contributed by atoms with E-state index >= 15 is 0 Å². The fourth-order valence-corrected chi connectivity index (χ4v) is 3.79. The maximum atomic E-state index is 12.6. The van der Waals surface area contributed by atoms with Crippen LogP contribution in [0.3, 0.4) is 0 Å². The SMILES string of the molecule is Cc1ccc(N2CC[C@@H]3CN(C(=O)c4ccn(C)n4)C[C@@H]3C2)nn1. The Labute approximate surface area is 141 Å². The first-order valence-electron chi connectivity index (χ1n) is 8.44. The van der Waals surface area contributed by atoms with Crippen molar-refractivity contribution in [2.75, 3.05) is 31.1 Å². The Hall–Kier alpha value is -2.44. The number of carbonyl (C=O) groups is 1. The lowest BCUT2D eigenvalue weighted by molar-refractivity contribution is 0.0778. The Morgan fingerprint density at radius 3 is 2.67 bits per heavy atom. The van der Waals surface area contributed by atoms with E-state index in [1.54, 1.807) is 10.7 Å². The van der Waals surface area contributed by atoms with Crippen LogP contribution in [-0.4, -0.2) is 57.0 Å². The summed E-state index contributed by atoms with van der Waals surface area (Å²) < 4.78 is 1.67. The number of piperidine rings is 1. The smallest absolute Gasteiger partial charge is 0.274 e. The van der Waals surface area contributed by atoms with Crippen LogP contribution in [0, 0.1) is 18.8 Å². The first-order valence-corrected chi connectivity index (χ1v) is 8.44. The van der Waals surface area contributed by atoms with Crippen molar-refractivity contribution < 1.29 is 4.79 Å². The highest BCUT2D eigenvalue weighted by Crippen LogP contribution is 2.33. The predicted octanol–water partition coefficient (Wildman–Crippen LogP) is 1.12. The highest BCUT2D eigenvalue weighted by atomic mass is 16.2. The highest BCUT2D eigenvalue weighted by molar-refractivity contribution is 5.92. The molecule has 0 saturated carbocycles. The zero-order chi connectivity index (χ0) is 16.7. The Balaban J connectivity index is 1.44. The van der Waals surface area contributed by atoms with Gasteiger partial charge < -0.3 is 9.80 Å². The highest BCUT2D eigenvalue weighted by Gasteiger charge is 2.39. The summed E-state index contributed by atoms with van der Waals surface area (Å²) >= 11 is 0. The van der Waals surface area contributed by atoms with Crippen molar-refractivity contribution in [1.29, 1.82) is 0 Å². The molecule has 2 aliphatic heterocycles. The number of aryl methyl sites for hydroxylation is 2. The fourth-order valence-electron chi connectivity index (χ4n) is 3.79. The van der Waals surface area contributed by atoms with Crippen LogP contribution >= 0.6 is 0 Å². The normalized spacial score (nSPS) is 23.4. The molecule has 4 heterocycles. The second-order valence-corrected chi connectivity index (χ2v) is 6.87. The molecule has 0 unspecified atom stereocenters. The molecule has 126 valence electrons. The molecule has 24 heavy (non-hydrogen) atoms. The summed E-state index contributed by atoms with van der Waals surface area (Å²) in [6, 6.07) is 5.83. The molecule has 4 rings (SSSR count). The van der Waals surface area contributed by atoms with Crippen molar-refractivity contribution >= 4 is 11.7 Å². The second kappa shape index (κ2) is 5.89. The van der Waals surface area contributed by atoms with E-state index in [-0.39, 0.29) is 5.91 Å². The van der Waals surface area contributed by atoms with Crippen LogP contribution in [-0.2, 0) is 7.05 Å². The molecular formula is C17H22N6O. The molecule has 2 aliphatic rings. The largest absolute Gasteiger partial charge is 0.355 e. The van der Waals surface area contributed by atoms with Crippen LogP contribution in [0.2, 0.25) is 0 Å². The fraction of sp³-hybridized carbons (Fsp3) is 0.529. The molecule has 7 heteroatoms. The Morgan fingerprint density at radius 1 is 1.12 bits per heavy atom. The van der Waals surface area contributed by atoms with Crippen LogP contribution in [0.1, 0.15) is 22.6 Å². The number of rotatable bonds is 2. The molecule has 0 aromatic carbocycles. The van der Waals surface area contributed by atoms with Gasteiger partial charge in [-0.15, -0.1) is 5.10 Å². The summed E-state index contributed by atoms with van der Waals surface area (Å²) in [5.74, 6) is 2.06. The second-order valence-electron chi connectivity index (χ2n) is 6.87. The number of likely N-dealkylation sites (tertiary alicyclic amines) is 1. The van der Waals surface area contributed by atoms with E-state index in [0.717, 1.165) is 44.1 Å². The summed E-state index contributed by atoms with van der Waals surface area (Å²) in [4.78, 5) is 16.9. The number of aromatic nitrogens is 4. The number of amides is 1. The van der Waals surface area contributed by atoms with Crippen molar-refractivity contribution in [3.05, 3.63) is 35.8 Å². The van der Waals surface area contributed by atoms with Crippen molar-refractivity contribution in [2.45, 2.75) is 13.3 Å². The average Bonchev–Trinajstić information content (AvgIpc) is 3.20. The van der Waals surface area contributed by atoms with Crippen LogP contribution in [0.25, 0.3) is 0 Å². The van der Waals surface area contributed by atoms with E-state index < -0.39 is 0 Å². The number of carbonyl (C=O) groups excluding carboxylic acids is 1. The minimum absolute atomic E-state index is 0.0478. The van der Waals surface area contributed by atoms with E-state index in [2.05, 4.69) is 20.2 Å². The van der Waals surface area contributed by atoms with Crippen molar-refractivity contribution in [1.82, 2.24) is 24.9 Å². The Morgan fingerprint density at radius 2 is 1.96 bits per heavy atom. The monoisotopic (exact) mass is 326 g/mol. The minimum Gasteiger partial charge on any atom is -0.355 e. The van der Waals surface area contributed by atoms with Gasteiger partial charge in [0.2, 0.25) is 0 Å². The van der Waals surface area contributed by atoms with Crippen molar-refractivity contribution in [3.8, 4) is 0 Å². The van der Waals surface area contributed by atoms with Gasteiger partial charge in [-0.25, -0.2) is 0 Å². The van der Waals surface area contributed by atoms with Gasteiger partial charge in [0.05, 0.1) is 5.69 Å². The van der Waals surface area contributed by atoms with Gasteiger partial charge in [0.1, 0.15) is 5.69 Å². The molecule has 7 nitrogen and oxygen atoms in total. The summed E-state index contributed by atoms with van der Waals surface area (Å²) in [7, 11) is 1.83. The van der Waals surface area contributed by atoms with Crippen LogP contribution < -0.4 is 4.90 Å². The van der Waals surface area contributed by atoms with E-state index in [0.29, 0.717) is 17.5 Å². The summed E-state index contributed by atoms with van der Waals surface area (Å²) in [5.41, 5.74) is 1.47. The van der Waals surface area contributed by atoms with E-state index in [9.17, 15) is 4.79 Å². The first kappa shape index (κ1) is 15.1. The average molecular weight is 326 g/mol. The molecule has 0 radical (unpaired) electrons. The molecule has 2 saturated heterocycles. The summed E-state index contributed by atoms with van der Waals surface area (Å²) in [6.45, 7) is 5.50. The lowest BCUT2D eigenvalue weighted by atomic mass is 9.89. The van der Waals surface area contributed by atoms with E-state index in [4.69, 9.17) is 0 Å². The summed E-state index contributed by atoms with van der Waals surface area (Å²) in [5, 5.41) is 12.7. The standard InChI is InChI=1S/C17H22N6O/c1-12-3-4-16(19-18-12)22-8-5-13-9-23(11-14(13)10-22)17(24)15-6-7-21(2)20-15/h3-4,6-7,13-14H,5,8-11H2,1-2H3/t13-,14+/m1/s1. The molecule has 2 atom stereocenters. The molecule has 2 aromatic heterocycles. The van der Waals surface area contributed by atoms with Gasteiger partial charge in [-0.1, -0.05) is 0 Å². The van der Waals surface area contributed by atoms with E-state index in [1.807, 2.05) is 37.2 Å². The van der Waals surface area contributed by atoms with Gasteiger partial charge in [-0.3, -0.25) is 9.48 Å². The first-order chi connectivity index (χ1) is 11.6. The minimum atomic E-state index is 0.0478. The van der Waals surface area contributed by atoms with E-state index in [1.165, 1.54) is 0 Å². The van der Waals surface area contributed by atoms with Gasteiger partial charge in [0.25, 0.3) is 5.91 Å². The number of fused-ring (bicyclic) bond motifs is 1. The van der Waals surface area contributed by atoms with Crippen molar-refractivity contribution in [2.24, 2.45) is 18.9 Å². The molecule has 0 spiro atoms. The summed E-state index contributed by atoms with van der Waals surface area (Å²) in [6.07, 6.45) is 2.90. The molecule has 2 fully saturated rings. The van der Waals surface area contributed by atoms with Crippen LogP contribution in [0.5, 0.6) is 0 Å². The Bertz CT molecular complexity index is 740. The molecule has 2 aromatic rings. The molecule has 0 N–H and O–H groups in total. The van der Waals surface area contributed by atoms with Gasteiger partial charge in [-0.2, -0.15) is 10.2 Å². The van der Waals surface area contributed by atoms with Crippen LogP contribution in [0.4, 0.5) is 5.82 Å². The van der Waals surface area contributed by atoms with Crippen LogP contribution in [0.15, 0.2) is 24.4 Å². The third kappa shape index (κ3) is 2.74. The van der Waals surface area contributed by atoms with Gasteiger partial charge in [0, 0.05) is 39.4 Å². The van der Waals surface area contributed by atoms with Gasteiger partial charge in [0.15, 0.2) is 5.82 Å². The zero-order valence-electron chi connectivity index (χ0n) is 14.1. The molecule has 0 aliphatic carbocycles. The molecule has 0 bridgehead atoms. The third-order valence-electron chi connectivity index (χ3n) is 5.13. The van der Waals surface area contributed by atoms with Crippen molar-refractivity contribution in [3.63, 3.8) is 0 Å². The number of hydrogen-bond acceptors (Lipinski definition) is 5. The predicted molar refractivity (Wildman–Crippen MR) is 89.7 cm³/mol. The van der Waals surface area contributed by atoms with Gasteiger partial charge >= 0.3 is 0 Å². The maximum Gasteiger partial charge on any atom is 0.274 e. The third-order valence-corrected chi connectivity index (χ3v) is 5.13. The van der Waals surface area contributed by atoms with Gasteiger partial charge in [-0.05, 0) is 43.4 Å².